The van der Waals surface area contributed by atoms with E-state index >= 15 is 0 Å². The van der Waals surface area contributed by atoms with Crippen molar-refractivity contribution in [1.29, 1.82) is 5.26 Å². The predicted octanol–water partition coefficient (Wildman–Crippen LogP) is 1.71. The van der Waals surface area contributed by atoms with Crippen LogP contribution < -0.4 is 5.32 Å². The molecule has 3 nitrogen and oxygen atoms in total. The van der Waals surface area contributed by atoms with Gasteiger partial charge in [0.25, 0.3) is 0 Å². The Kier molecular flexibility index (Phi) is 4.44. The molecule has 0 aromatic carbocycles. The van der Waals surface area contributed by atoms with Gasteiger partial charge in [-0.1, -0.05) is 6.92 Å². The lowest BCUT2D eigenvalue weighted by Crippen LogP contribution is -2.13. The zero-order chi connectivity index (χ0) is 9.52. The molecule has 1 rings (SSSR count). The molecule has 0 saturated heterocycles. The summed E-state index contributed by atoms with van der Waals surface area (Å²) >= 11 is 1.73. The van der Waals surface area contributed by atoms with Gasteiger partial charge >= 0.3 is 0 Å². The van der Waals surface area contributed by atoms with Crippen molar-refractivity contribution in [3.8, 4) is 6.07 Å². The SMILES string of the molecule is CCc1ncc(CNCCC#N)s1. The Morgan fingerprint density at radius 3 is 3.15 bits per heavy atom. The summed E-state index contributed by atoms with van der Waals surface area (Å²) in [5.74, 6) is 0. The topological polar surface area (TPSA) is 48.7 Å². The van der Waals surface area contributed by atoms with Crippen molar-refractivity contribution < 1.29 is 0 Å². The average molecular weight is 195 g/mol. The molecule has 0 bridgehead atoms. The molecule has 1 heterocycles. The first-order chi connectivity index (χ1) is 6.36. The molecular weight excluding hydrogens is 182 g/mol. The number of nitrogens with one attached hydrogen (secondary N) is 1. The molecule has 13 heavy (non-hydrogen) atoms. The van der Waals surface area contributed by atoms with Crippen LogP contribution in [0.1, 0.15) is 23.2 Å². The van der Waals surface area contributed by atoms with Gasteiger partial charge < -0.3 is 5.32 Å². The van der Waals surface area contributed by atoms with Gasteiger partial charge in [-0.05, 0) is 6.42 Å². The maximum Gasteiger partial charge on any atom is 0.0925 e. The number of aromatic nitrogens is 1. The average Bonchev–Trinajstić information content (AvgIpc) is 2.60. The Balaban J connectivity index is 2.25. The van der Waals surface area contributed by atoms with Crippen molar-refractivity contribution in [2.75, 3.05) is 6.54 Å². The fourth-order valence-corrected chi connectivity index (χ4v) is 1.78. The second-order valence-corrected chi connectivity index (χ2v) is 3.86. The van der Waals surface area contributed by atoms with Gasteiger partial charge in [-0.15, -0.1) is 11.3 Å². The number of aryl methyl sites for hydroxylation is 1. The van der Waals surface area contributed by atoms with Crippen molar-refractivity contribution in [2.45, 2.75) is 26.3 Å². The zero-order valence-electron chi connectivity index (χ0n) is 7.71. The first kappa shape index (κ1) is 10.2. The van der Waals surface area contributed by atoms with Gasteiger partial charge in [0.05, 0.1) is 11.1 Å². The Hall–Kier alpha value is -0.920. The maximum atomic E-state index is 8.31. The van der Waals surface area contributed by atoms with Gasteiger partial charge in [0.15, 0.2) is 0 Å². The van der Waals surface area contributed by atoms with E-state index in [2.05, 4.69) is 23.3 Å². The minimum atomic E-state index is 0.569. The molecule has 4 heteroatoms. The van der Waals surface area contributed by atoms with E-state index in [0.717, 1.165) is 19.5 Å². The van der Waals surface area contributed by atoms with E-state index in [-0.39, 0.29) is 0 Å². The second-order valence-electron chi connectivity index (χ2n) is 2.66. The maximum absolute atomic E-state index is 8.31. The van der Waals surface area contributed by atoms with Gasteiger partial charge in [-0.2, -0.15) is 5.26 Å². The van der Waals surface area contributed by atoms with Crippen LogP contribution in [0.2, 0.25) is 0 Å². The molecule has 0 aliphatic heterocycles. The van der Waals surface area contributed by atoms with Crippen LogP contribution in [0.15, 0.2) is 6.20 Å². The Morgan fingerprint density at radius 1 is 1.69 bits per heavy atom. The van der Waals surface area contributed by atoms with Gasteiger partial charge in [-0.25, -0.2) is 4.98 Å². The van der Waals surface area contributed by atoms with Crippen molar-refractivity contribution in [3.63, 3.8) is 0 Å². The van der Waals surface area contributed by atoms with E-state index in [1.807, 2.05) is 6.20 Å². The van der Waals surface area contributed by atoms with Gasteiger partial charge in [-0.3, -0.25) is 0 Å². The van der Waals surface area contributed by atoms with Crippen molar-refractivity contribution in [1.82, 2.24) is 10.3 Å². The van der Waals surface area contributed by atoms with Crippen LogP contribution in [0.3, 0.4) is 0 Å². The predicted molar refractivity (Wildman–Crippen MR) is 53.4 cm³/mol. The highest BCUT2D eigenvalue weighted by Crippen LogP contribution is 2.12. The first-order valence-corrected chi connectivity index (χ1v) is 5.19. The van der Waals surface area contributed by atoms with E-state index in [1.54, 1.807) is 11.3 Å². The molecule has 0 aliphatic rings. The summed E-state index contributed by atoms with van der Waals surface area (Å²) in [6, 6.07) is 2.10. The minimum absolute atomic E-state index is 0.569. The zero-order valence-corrected chi connectivity index (χ0v) is 8.52. The molecule has 0 unspecified atom stereocenters. The number of thiazole rings is 1. The smallest absolute Gasteiger partial charge is 0.0925 e. The summed E-state index contributed by atoms with van der Waals surface area (Å²) in [6.07, 6.45) is 3.48. The fourth-order valence-electron chi connectivity index (χ4n) is 0.949. The molecule has 0 atom stereocenters. The van der Waals surface area contributed by atoms with Gasteiger partial charge in [0.1, 0.15) is 0 Å². The number of hydrogen-bond donors (Lipinski definition) is 1. The molecular formula is C9H13N3S. The minimum Gasteiger partial charge on any atom is -0.311 e. The van der Waals surface area contributed by atoms with Crippen LogP contribution >= 0.6 is 11.3 Å². The lowest BCUT2D eigenvalue weighted by Gasteiger charge is -1.96. The van der Waals surface area contributed by atoms with E-state index in [0.29, 0.717) is 6.42 Å². The Morgan fingerprint density at radius 2 is 2.54 bits per heavy atom. The summed E-state index contributed by atoms with van der Waals surface area (Å²) in [6.45, 7) is 3.70. The second kappa shape index (κ2) is 5.68. The molecule has 0 spiro atoms. The molecule has 1 aromatic rings. The normalized spacial score (nSPS) is 9.85. The fraction of sp³-hybridized carbons (Fsp3) is 0.556. The van der Waals surface area contributed by atoms with Gasteiger partial charge in [0, 0.05) is 30.6 Å². The Bertz CT molecular complexity index is 287. The molecule has 0 amide bonds. The lowest BCUT2D eigenvalue weighted by atomic mass is 10.4. The quantitative estimate of drug-likeness (QED) is 0.728. The van der Waals surface area contributed by atoms with Crippen molar-refractivity contribution in [3.05, 3.63) is 16.1 Å². The third-order valence-corrected chi connectivity index (χ3v) is 2.76. The van der Waals surface area contributed by atoms with E-state index in [4.69, 9.17) is 5.26 Å². The van der Waals surface area contributed by atoms with E-state index in [1.165, 1.54) is 9.88 Å². The van der Waals surface area contributed by atoms with E-state index < -0.39 is 0 Å². The number of nitrogens with zero attached hydrogens (tertiary/aromatic N) is 2. The summed E-state index contributed by atoms with van der Waals surface area (Å²) in [5.41, 5.74) is 0. The highest BCUT2D eigenvalue weighted by atomic mass is 32.1. The standard InChI is InChI=1S/C9H13N3S/c1-2-9-12-7-8(13-9)6-11-5-3-4-10/h7,11H,2-3,5-6H2,1H3. The lowest BCUT2D eigenvalue weighted by molar-refractivity contribution is 0.705. The van der Waals surface area contributed by atoms with Crippen molar-refractivity contribution >= 4 is 11.3 Å². The van der Waals surface area contributed by atoms with Gasteiger partial charge in [0.2, 0.25) is 0 Å². The largest absolute Gasteiger partial charge is 0.311 e. The van der Waals surface area contributed by atoms with Crippen LogP contribution in [0.5, 0.6) is 0 Å². The summed E-state index contributed by atoms with van der Waals surface area (Å²) < 4.78 is 0. The number of rotatable bonds is 5. The summed E-state index contributed by atoms with van der Waals surface area (Å²) in [5, 5.41) is 12.7. The Labute approximate surface area is 82.4 Å². The van der Waals surface area contributed by atoms with Crippen LogP contribution in [-0.4, -0.2) is 11.5 Å². The number of hydrogen-bond acceptors (Lipinski definition) is 4. The van der Waals surface area contributed by atoms with Crippen molar-refractivity contribution in [2.24, 2.45) is 0 Å². The third-order valence-electron chi connectivity index (χ3n) is 1.62. The molecule has 0 radical (unpaired) electrons. The highest BCUT2D eigenvalue weighted by Gasteiger charge is 1.98. The molecule has 1 N–H and O–H groups in total. The molecule has 0 saturated carbocycles. The first-order valence-electron chi connectivity index (χ1n) is 4.38. The van der Waals surface area contributed by atoms with E-state index in [9.17, 15) is 0 Å². The van der Waals surface area contributed by atoms with Crippen LogP contribution in [-0.2, 0) is 13.0 Å². The van der Waals surface area contributed by atoms with Crippen LogP contribution in [0, 0.1) is 11.3 Å². The molecule has 0 fully saturated rings. The van der Waals surface area contributed by atoms with Crippen LogP contribution in [0.25, 0.3) is 0 Å². The molecule has 1 aromatic heterocycles. The summed E-state index contributed by atoms with van der Waals surface area (Å²) in [4.78, 5) is 5.49. The summed E-state index contributed by atoms with van der Waals surface area (Å²) in [7, 11) is 0. The highest BCUT2D eigenvalue weighted by molar-refractivity contribution is 7.11. The van der Waals surface area contributed by atoms with Crippen LogP contribution in [0.4, 0.5) is 0 Å². The third kappa shape index (κ3) is 3.53. The monoisotopic (exact) mass is 195 g/mol. The number of nitriles is 1. The molecule has 0 aliphatic carbocycles. The molecule has 70 valence electrons.